The molecule has 1 aromatic rings. The van der Waals surface area contributed by atoms with Gasteiger partial charge in [0.25, 0.3) is 0 Å². The van der Waals surface area contributed by atoms with Crippen molar-refractivity contribution in [3.05, 3.63) is 27.7 Å². The monoisotopic (exact) mass is 325 g/mol. The first kappa shape index (κ1) is 15.0. The molecule has 7 heteroatoms. The van der Waals surface area contributed by atoms with Gasteiger partial charge in [0.05, 0.1) is 18.2 Å². The van der Waals surface area contributed by atoms with Crippen LogP contribution in [0.3, 0.4) is 0 Å². The first-order valence-electron chi connectivity index (χ1n) is 4.99. The SMILES string of the molecule is COc1c(C(=O)CCN)cc(Br)cc1C(F)(F)F. The van der Waals surface area contributed by atoms with Crippen molar-refractivity contribution < 1.29 is 22.7 Å². The Morgan fingerprint density at radius 3 is 2.50 bits per heavy atom. The van der Waals surface area contributed by atoms with Crippen LogP contribution in [0.2, 0.25) is 0 Å². The molecular weight excluding hydrogens is 315 g/mol. The van der Waals surface area contributed by atoms with Gasteiger partial charge in [0.2, 0.25) is 0 Å². The Labute approximate surface area is 110 Å². The van der Waals surface area contributed by atoms with Crippen molar-refractivity contribution >= 4 is 21.7 Å². The van der Waals surface area contributed by atoms with Gasteiger partial charge in [-0.15, -0.1) is 0 Å². The highest BCUT2D eigenvalue weighted by Gasteiger charge is 2.36. The van der Waals surface area contributed by atoms with Crippen LogP contribution in [0.15, 0.2) is 16.6 Å². The van der Waals surface area contributed by atoms with Crippen LogP contribution in [0.1, 0.15) is 22.3 Å². The van der Waals surface area contributed by atoms with Gasteiger partial charge in [0, 0.05) is 10.9 Å². The Balaban J connectivity index is 3.43. The number of hydrogen-bond acceptors (Lipinski definition) is 3. The fourth-order valence-electron chi connectivity index (χ4n) is 1.50. The van der Waals surface area contributed by atoms with Crippen LogP contribution < -0.4 is 10.5 Å². The molecule has 3 nitrogen and oxygen atoms in total. The third-order valence-corrected chi connectivity index (χ3v) is 2.69. The highest BCUT2D eigenvalue weighted by atomic mass is 79.9. The molecule has 0 aliphatic carbocycles. The summed E-state index contributed by atoms with van der Waals surface area (Å²) in [5.41, 5.74) is 4.12. The van der Waals surface area contributed by atoms with E-state index in [1.165, 1.54) is 6.07 Å². The molecule has 100 valence electrons. The van der Waals surface area contributed by atoms with Gasteiger partial charge in [-0.25, -0.2) is 0 Å². The zero-order valence-corrected chi connectivity index (χ0v) is 11.1. The molecule has 0 fully saturated rings. The van der Waals surface area contributed by atoms with Gasteiger partial charge >= 0.3 is 6.18 Å². The molecule has 0 atom stereocenters. The van der Waals surface area contributed by atoms with E-state index in [0.717, 1.165) is 13.2 Å². The molecule has 18 heavy (non-hydrogen) atoms. The number of benzene rings is 1. The van der Waals surface area contributed by atoms with E-state index < -0.39 is 23.3 Å². The lowest BCUT2D eigenvalue weighted by atomic mass is 10.0. The second-order valence-electron chi connectivity index (χ2n) is 3.49. The molecule has 0 saturated heterocycles. The first-order chi connectivity index (χ1) is 8.31. The second kappa shape index (κ2) is 5.71. The van der Waals surface area contributed by atoms with Crippen LogP contribution in [-0.4, -0.2) is 19.4 Å². The lowest BCUT2D eigenvalue weighted by Crippen LogP contribution is -2.14. The number of hydrogen-bond donors (Lipinski definition) is 1. The molecule has 0 amide bonds. The minimum atomic E-state index is -4.59. The number of carbonyl (C=O) groups is 1. The fourth-order valence-corrected chi connectivity index (χ4v) is 1.95. The van der Waals surface area contributed by atoms with Gasteiger partial charge in [-0.3, -0.25) is 4.79 Å². The zero-order valence-electron chi connectivity index (χ0n) is 9.47. The molecular formula is C11H11BrF3NO2. The number of alkyl halides is 3. The molecule has 1 aromatic carbocycles. The predicted octanol–water partition coefficient (Wildman–Crippen LogP) is 3.01. The van der Waals surface area contributed by atoms with Crippen molar-refractivity contribution in [2.45, 2.75) is 12.6 Å². The van der Waals surface area contributed by atoms with Crippen LogP contribution >= 0.6 is 15.9 Å². The van der Waals surface area contributed by atoms with E-state index in [1.807, 2.05) is 0 Å². The average molecular weight is 326 g/mol. The van der Waals surface area contributed by atoms with E-state index >= 15 is 0 Å². The molecule has 0 saturated carbocycles. The van der Waals surface area contributed by atoms with Crippen molar-refractivity contribution in [3.63, 3.8) is 0 Å². The van der Waals surface area contributed by atoms with Crippen molar-refractivity contribution in [1.29, 1.82) is 0 Å². The van der Waals surface area contributed by atoms with Gasteiger partial charge in [0.15, 0.2) is 5.78 Å². The number of nitrogens with two attached hydrogens (primary N) is 1. The van der Waals surface area contributed by atoms with E-state index in [4.69, 9.17) is 10.5 Å². The molecule has 0 spiro atoms. The van der Waals surface area contributed by atoms with Gasteiger partial charge < -0.3 is 10.5 Å². The summed E-state index contributed by atoms with van der Waals surface area (Å²) >= 11 is 2.95. The van der Waals surface area contributed by atoms with Crippen LogP contribution in [0.4, 0.5) is 13.2 Å². The quantitative estimate of drug-likeness (QED) is 0.866. The van der Waals surface area contributed by atoms with Gasteiger partial charge in [-0.2, -0.15) is 13.2 Å². The van der Waals surface area contributed by atoms with Crippen LogP contribution in [0.25, 0.3) is 0 Å². The lowest BCUT2D eigenvalue weighted by Gasteiger charge is -2.15. The average Bonchev–Trinajstić information content (AvgIpc) is 2.27. The smallest absolute Gasteiger partial charge is 0.420 e. The van der Waals surface area contributed by atoms with E-state index in [9.17, 15) is 18.0 Å². The van der Waals surface area contributed by atoms with Crippen molar-refractivity contribution in [1.82, 2.24) is 0 Å². The largest absolute Gasteiger partial charge is 0.495 e. The van der Waals surface area contributed by atoms with Crippen LogP contribution in [0, 0.1) is 0 Å². The molecule has 0 radical (unpaired) electrons. The number of methoxy groups -OCH3 is 1. The third-order valence-electron chi connectivity index (χ3n) is 2.24. The fraction of sp³-hybridized carbons (Fsp3) is 0.364. The number of halogens is 4. The van der Waals surface area contributed by atoms with Crippen molar-refractivity contribution in [3.8, 4) is 5.75 Å². The number of carbonyl (C=O) groups excluding carboxylic acids is 1. The number of Topliss-reactive ketones (excluding diaryl/α,β-unsaturated/α-hetero) is 1. The Bertz CT molecular complexity index is 460. The summed E-state index contributed by atoms with van der Waals surface area (Å²) in [7, 11) is 1.09. The summed E-state index contributed by atoms with van der Waals surface area (Å²) in [5.74, 6) is -0.953. The van der Waals surface area contributed by atoms with E-state index in [-0.39, 0.29) is 23.0 Å². The van der Waals surface area contributed by atoms with Crippen LogP contribution in [-0.2, 0) is 6.18 Å². The topological polar surface area (TPSA) is 52.3 Å². The van der Waals surface area contributed by atoms with Gasteiger partial charge in [0.1, 0.15) is 5.75 Å². The van der Waals surface area contributed by atoms with E-state index in [2.05, 4.69) is 15.9 Å². The highest BCUT2D eigenvalue weighted by molar-refractivity contribution is 9.10. The molecule has 0 aromatic heterocycles. The summed E-state index contributed by atoms with van der Waals surface area (Å²) in [6, 6.07) is 2.17. The van der Waals surface area contributed by atoms with Gasteiger partial charge in [-0.05, 0) is 18.7 Å². The minimum Gasteiger partial charge on any atom is -0.495 e. The summed E-state index contributed by atoms with van der Waals surface area (Å²) in [6.07, 6.45) is -4.63. The van der Waals surface area contributed by atoms with E-state index in [1.54, 1.807) is 0 Å². The van der Waals surface area contributed by atoms with Gasteiger partial charge in [-0.1, -0.05) is 15.9 Å². The molecule has 0 heterocycles. The number of ether oxygens (including phenoxy) is 1. The molecule has 2 N–H and O–H groups in total. The maximum atomic E-state index is 12.8. The second-order valence-corrected chi connectivity index (χ2v) is 4.41. The van der Waals surface area contributed by atoms with Crippen molar-refractivity contribution in [2.75, 3.05) is 13.7 Å². The molecule has 1 rings (SSSR count). The van der Waals surface area contributed by atoms with E-state index in [0.29, 0.717) is 0 Å². The molecule has 0 aliphatic heterocycles. The lowest BCUT2D eigenvalue weighted by molar-refractivity contribution is -0.138. The third kappa shape index (κ3) is 3.23. The minimum absolute atomic E-state index is 0.0376. The standard InChI is InChI=1S/C11H11BrF3NO2/c1-18-10-7(9(17)2-3-16)4-6(12)5-8(10)11(13,14)15/h4-5H,2-3,16H2,1H3. The summed E-state index contributed by atoms with van der Waals surface area (Å²) in [4.78, 5) is 11.7. The summed E-state index contributed by atoms with van der Waals surface area (Å²) in [6.45, 7) is 0.0653. The normalized spacial score (nSPS) is 11.4. The zero-order chi connectivity index (χ0) is 13.9. The summed E-state index contributed by atoms with van der Waals surface area (Å²) in [5, 5.41) is 0. The first-order valence-corrected chi connectivity index (χ1v) is 5.78. The highest BCUT2D eigenvalue weighted by Crippen LogP contribution is 2.40. The Morgan fingerprint density at radius 1 is 1.44 bits per heavy atom. The molecule has 0 bridgehead atoms. The maximum Gasteiger partial charge on any atom is 0.420 e. The Kier molecular flexibility index (Phi) is 4.75. The Hall–Kier alpha value is -1.08. The van der Waals surface area contributed by atoms with Crippen molar-refractivity contribution in [2.24, 2.45) is 5.73 Å². The predicted molar refractivity (Wildman–Crippen MR) is 63.7 cm³/mol. The summed E-state index contributed by atoms with van der Waals surface area (Å²) < 4.78 is 43.3. The number of rotatable bonds is 4. The molecule has 0 aliphatic rings. The molecule has 0 unspecified atom stereocenters. The van der Waals surface area contributed by atoms with Crippen LogP contribution in [0.5, 0.6) is 5.75 Å². The maximum absolute atomic E-state index is 12.8. The number of ketones is 1. The Morgan fingerprint density at radius 2 is 2.06 bits per heavy atom.